The summed E-state index contributed by atoms with van der Waals surface area (Å²) < 4.78 is 2.22. The molecule has 1 aromatic heterocycles. The molecule has 1 saturated heterocycles. The molecule has 0 unspecified atom stereocenters. The van der Waals surface area contributed by atoms with Gasteiger partial charge in [-0.05, 0) is 61.4 Å². The van der Waals surface area contributed by atoms with Gasteiger partial charge in [-0.15, -0.1) is 0 Å². The fourth-order valence-electron chi connectivity index (χ4n) is 3.18. The van der Waals surface area contributed by atoms with Crippen LogP contribution in [0.5, 0.6) is 0 Å². The van der Waals surface area contributed by atoms with Gasteiger partial charge in [0.2, 0.25) is 0 Å². The van der Waals surface area contributed by atoms with Crippen LogP contribution in [-0.4, -0.2) is 42.0 Å². The van der Waals surface area contributed by atoms with Crippen LogP contribution in [-0.2, 0) is 0 Å². The number of carbonyl (C=O) groups excluding carboxylic acids is 1. The molecule has 0 saturated carbocycles. The molecule has 134 valence electrons. The molecular weight excluding hydrogens is 410 g/mol. The molecule has 6 heteroatoms. The van der Waals surface area contributed by atoms with Crippen molar-refractivity contribution < 1.29 is 4.79 Å². The van der Waals surface area contributed by atoms with Gasteiger partial charge in [-0.2, -0.15) is 0 Å². The lowest BCUT2D eigenvalue weighted by atomic mass is 10.1. The first-order valence-electron chi connectivity index (χ1n) is 8.69. The Morgan fingerprint density at radius 3 is 2.38 bits per heavy atom. The third-order valence-corrected chi connectivity index (χ3v) is 6.53. The van der Waals surface area contributed by atoms with Crippen molar-refractivity contribution in [2.24, 2.45) is 0 Å². The Kier molecular flexibility index (Phi) is 4.71. The third kappa shape index (κ3) is 3.35. The van der Waals surface area contributed by atoms with Crippen LogP contribution in [0.25, 0.3) is 10.2 Å². The number of piperazine rings is 1. The van der Waals surface area contributed by atoms with Crippen LogP contribution in [0.4, 0.5) is 5.13 Å². The minimum atomic E-state index is 0.104. The lowest BCUT2D eigenvalue weighted by Crippen LogP contribution is -2.48. The number of aryl methyl sites for hydroxylation is 2. The Morgan fingerprint density at radius 1 is 1.04 bits per heavy atom. The van der Waals surface area contributed by atoms with Crippen LogP contribution in [0.15, 0.2) is 40.9 Å². The van der Waals surface area contributed by atoms with Crippen molar-refractivity contribution in [3.8, 4) is 0 Å². The second-order valence-electron chi connectivity index (χ2n) is 6.69. The summed E-state index contributed by atoms with van der Waals surface area (Å²) in [5, 5.41) is 1.06. The summed E-state index contributed by atoms with van der Waals surface area (Å²) in [7, 11) is 0. The molecule has 1 amide bonds. The van der Waals surface area contributed by atoms with Crippen LogP contribution >= 0.6 is 27.3 Å². The second kappa shape index (κ2) is 7.00. The SMILES string of the molecule is Cc1cc2nc(N3CCN(C(=O)c4ccc(Br)cc4)CC3)sc2cc1C. The molecule has 26 heavy (non-hydrogen) atoms. The standard InChI is InChI=1S/C20H20BrN3OS/c1-13-11-17-18(12-14(13)2)26-20(22-17)24-9-7-23(8-10-24)19(25)15-3-5-16(21)6-4-15/h3-6,11-12H,7-10H2,1-2H3. The Labute approximate surface area is 165 Å². The van der Waals surface area contributed by atoms with E-state index < -0.39 is 0 Å². The number of anilines is 1. The van der Waals surface area contributed by atoms with Gasteiger partial charge in [0.25, 0.3) is 5.91 Å². The maximum atomic E-state index is 12.6. The first-order valence-corrected chi connectivity index (χ1v) is 10.3. The van der Waals surface area contributed by atoms with Crippen molar-refractivity contribution >= 4 is 48.5 Å². The van der Waals surface area contributed by atoms with E-state index in [9.17, 15) is 4.79 Å². The number of amides is 1. The molecule has 0 N–H and O–H groups in total. The predicted molar refractivity (Wildman–Crippen MR) is 111 cm³/mol. The molecule has 1 fully saturated rings. The smallest absolute Gasteiger partial charge is 0.253 e. The number of fused-ring (bicyclic) bond motifs is 1. The minimum absolute atomic E-state index is 0.104. The number of hydrogen-bond acceptors (Lipinski definition) is 4. The third-order valence-electron chi connectivity index (χ3n) is 4.92. The summed E-state index contributed by atoms with van der Waals surface area (Å²) in [5.41, 5.74) is 4.39. The number of benzene rings is 2. The summed E-state index contributed by atoms with van der Waals surface area (Å²) in [6.07, 6.45) is 0. The maximum Gasteiger partial charge on any atom is 0.253 e. The van der Waals surface area contributed by atoms with Crippen molar-refractivity contribution in [1.82, 2.24) is 9.88 Å². The number of rotatable bonds is 2. The highest BCUT2D eigenvalue weighted by molar-refractivity contribution is 9.10. The van der Waals surface area contributed by atoms with Crippen LogP contribution in [0.2, 0.25) is 0 Å². The number of carbonyl (C=O) groups is 1. The van der Waals surface area contributed by atoms with E-state index in [2.05, 4.69) is 46.8 Å². The number of thiazole rings is 1. The first-order chi connectivity index (χ1) is 12.5. The van der Waals surface area contributed by atoms with E-state index in [4.69, 9.17) is 4.98 Å². The molecular formula is C20H20BrN3OS. The van der Waals surface area contributed by atoms with E-state index in [1.165, 1.54) is 15.8 Å². The van der Waals surface area contributed by atoms with E-state index in [0.717, 1.165) is 46.9 Å². The Bertz CT molecular complexity index is 920. The summed E-state index contributed by atoms with van der Waals surface area (Å²) >= 11 is 5.15. The molecule has 1 aliphatic heterocycles. The van der Waals surface area contributed by atoms with Crippen LogP contribution in [0.3, 0.4) is 0 Å². The molecule has 0 spiro atoms. The quantitative estimate of drug-likeness (QED) is 0.595. The summed E-state index contributed by atoms with van der Waals surface area (Å²) in [6.45, 7) is 7.35. The predicted octanol–water partition coefficient (Wildman–Crippen LogP) is 4.64. The van der Waals surface area contributed by atoms with Gasteiger partial charge < -0.3 is 9.80 Å². The number of nitrogens with zero attached hydrogens (tertiary/aromatic N) is 3. The van der Waals surface area contributed by atoms with E-state index >= 15 is 0 Å². The molecule has 2 aromatic carbocycles. The van der Waals surface area contributed by atoms with Gasteiger partial charge >= 0.3 is 0 Å². The number of hydrogen-bond donors (Lipinski definition) is 0. The molecule has 3 aromatic rings. The highest BCUT2D eigenvalue weighted by atomic mass is 79.9. The average molecular weight is 430 g/mol. The molecule has 2 heterocycles. The van der Waals surface area contributed by atoms with Crippen molar-refractivity contribution in [3.63, 3.8) is 0 Å². The van der Waals surface area contributed by atoms with Crippen molar-refractivity contribution in [3.05, 3.63) is 57.6 Å². The largest absolute Gasteiger partial charge is 0.345 e. The fraction of sp³-hybridized carbons (Fsp3) is 0.300. The average Bonchev–Trinajstić information content (AvgIpc) is 3.05. The monoisotopic (exact) mass is 429 g/mol. The van der Waals surface area contributed by atoms with Crippen LogP contribution < -0.4 is 4.90 Å². The maximum absolute atomic E-state index is 12.6. The molecule has 1 aliphatic rings. The lowest BCUT2D eigenvalue weighted by molar-refractivity contribution is 0.0747. The van der Waals surface area contributed by atoms with Gasteiger partial charge in [-0.3, -0.25) is 4.79 Å². The number of halogens is 1. The van der Waals surface area contributed by atoms with Gasteiger partial charge in [0.05, 0.1) is 10.2 Å². The normalized spacial score (nSPS) is 14.9. The topological polar surface area (TPSA) is 36.4 Å². The molecule has 4 rings (SSSR count). The van der Waals surface area contributed by atoms with Crippen LogP contribution in [0.1, 0.15) is 21.5 Å². The molecule has 0 atom stereocenters. The molecule has 0 radical (unpaired) electrons. The second-order valence-corrected chi connectivity index (χ2v) is 8.61. The van der Waals surface area contributed by atoms with Gasteiger partial charge in [0.1, 0.15) is 0 Å². The van der Waals surface area contributed by atoms with E-state index in [0.29, 0.717) is 0 Å². The zero-order chi connectivity index (χ0) is 18.3. The minimum Gasteiger partial charge on any atom is -0.345 e. The summed E-state index contributed by atoms with van der Waals surface area (Å²) in [6, 6.07) is 12.0. The lowest BCUT2D eigenvalue weighted by Gasteiger charge is -2.34. The Morgan fingerprint density at radius 2 is 1.69 bits per heavy atom. The van der Waals surface area contributed by atoms with Crippen molar-refractivity contribution in [1.29, 1.82) is 0 Å². The molecule has 0 bridgehead atoms. The van der Waals surface area contributed by atoms with Gasteiger partial charge in [-0.1, -0.05) is 27.3 Å². The van der Waals surface area contributed by atoms with E-state index in [1.807, 2.05) is 29.2 Å². The fourth-order valence-corrected chi connectivity index (χ4v) is 4.54. The van der Waals surface area contributed by atoms with Gasteiger partial charge in [-0.25, -0.2) is 4.98 Å². The zero-order valence-electron chi connectivity index (χ0n) is 14.8. The first kappa shape index (κ1) is 17.5. The van der Waals surface area contributed by atoms with Crippen LogP contribution in [0, 0.1) is 13.8 Å². The Balaban J connectivity index is 1.46. The Hall–Kier alpha value is -1.92. The molecule has 4 nitrogen and oxygen atoms in total. The van der Waals surface area contributed by atoms with E-state index in [-0.39, 0.29) is 5.91 Å². The van der Waals surface area contributed by atoms with Gasteiger partial charge in [0.15, 0.2) is 5.13 Å². The van der Waals surface area contributed by atoms with Gasteiger partial charge in [0, 0.05) is 36.2 Å². The van der Waals surface area contributed by atoms with Crippen molar-refractivity contribution in [2.45, 2.75) is 13.8 Å². The highest BCUT2D eigenvalue weighted by Gasteiger charge is 2.24. The zero-order valence-corrected chi connectivity index (χ0v) is 17.2. The van der Waals surface area contributed by atoms with Crippen molar-refractivity contribution in [2.75, 3.05) is 31.1 Å². The molecule has 0 aliphatic carbocycles. The summed E-state index contributed by atoms with van der Waals surface area (Å²) in [4.78, 5) is 21.7. The summed E-state index contributed by atoms with van der Waals surface area (Å²) in [5.74, 6) is 0.104. The van der Waals surface area contributed by atoms with E-state index in [1.54, 1.807) is 11.3 Å². The highest BCUT2D eigenvalue weighted by Crippen LogP contribution is 2.31. The number of aromatic nitrogens is 1.